The van der Waals surface area contributed by atoms with Gasteiger partial charge in [0.15, 0.2) is 0 Å². The Kier molecular flexibility index (Phi) is 7.36. The summed E-state index contributed by atoms with van der Waals surface area (Å²) in [6.45, 7) is 0.455. The summed E-state index contributed by atoms with van der Waals surface area (Å²) in [6.07, 6.45) is 1.65. The van der Waals surface area contributed by atoms with Crippen LogP contribution in [0.25, 0.3) is 0 Å². The number of methoxy groups -OCH3 is 1. The van der Waals surface area contributed by atoms with E-state index in [1.165, 1.54) is 0 Å². The number of carbonyl (C=O) groups excluding carboxylic acids is 1. The van der Waals surface area contributed by atoms with Crippen LogP contribution in [0.4, 0.5) is 0 Å². The molecule has 0 bridgehead atoms. The zero-order valence-corrected chi connectivity index (χ0v) is 16.5. The normalized spacial score (nSPS) is 13.3. The summed E-state index contributed by atoms with van der Waals surface area (Å²) in [5.74, 6) is 1.10. The predicted octanol–water partition coefficient (Wildman–Crippen LogP) is 2.61. The maximum Gasteiger partial charge on any atom is 0.251 e. The van der Waals surface area contributed by atoms with Crippen LogP contribution in [0.3, 0.4) is 0 Å². The summed E-state index contributed by atoms with van der Waals surface area (Å²) in [5, 5.41) is 3.00. The second-order valence-corrected chi connectivity index (χ2v) is 7.78. The second kappa shape index (κ2) is 9.50. The maximum atomic E-state index is 12.6. The maximum absolute atomic E-state index is 12.6. The summed E-state index contributed by atoms with van der Waals surface area (Å²) < 4.78 is 16.8. The van der Waals surface area contributed by atoms with Crippen molar-refractivity contribution in [1.82, 2.24) is 10.2 Å². The molecule has 6 heteroatoms. The van der Waals surface area contributed by atoms with E-state index in [1.54, 1.807) is 25.5 Å². The van der Waals surface area contributed by atoms with Crippen LogP contribution in [-0.4, -0.2) is 49.0 Å². The monoisotopic (exact) mass is 374 g/mol. The van der Waals surface area contributed by atoms with Gasteiger partial charge >= 0.3 is 0 Å². The van der Waals surface area contributed by atoms with Crippen LogP contribution in [-0.2, 0) is 16.6 Å². The van der Waals surface area contributed by atoms with E-state index in [1.807, 2.05) is 50.5 Å². The lowest BCUT2D eigenvalue weighted by molar-refractivity contribution is 0.0941. The Bertz CT molecular complexity index is 777. The molecule has 140 valence electrons. The van der Waals surface area contributed by atoms with Crippen molar-refractivity contribution in [2.45, 2.75) is 11.8 Å². The SMILES string of the molecule is COc1ccccc1C(CNC(=O)c1cccc(CS(C)=O)c1)N(C)C. The highest BCUT2D eigenvalue weighted by atomic mass is 32.2. The summed E-state index contributed by atoms with van der Waals surface area (Å²) in [5.41, 5.74) is 2.49. The minimum atomic E-state index is -0.936. The van der Waals surface area contributed by atoms with Gasteiger partial charge in [-0.05, 0) is 37.9 Å². The van der Waals surface area contributed by atoms with Crippen molar-refractivity contribution in [1.29, 1.82) is 0 Å². The number of para-hydroxylation sites is 1. The van der Waals surface area contributed by atoms with Crippen molar-refractivity contribution >= 4 is 16.7 Å². The molecule has 0 spiro atoms. The minimum Gasteiger partial charge on any atom is -0.496 e. The number of amides is 1. The molecule has 0 fully saturated rings. The molecule has 26 heavy (non-hydrogen) atoms. The van der Waals surface area contributed by atoms with Gasteiger partial charge in [0.2, 0.25) is 0 Å². The summed E-state index contributed by atoms with van der Waals surface area (Å²) in [4.78, 5) is 14.6. The predicted molar refractivity (Wildman–Crippen MR) is 106 cm³/mol. The molecule has 0 aliphatic heterocycles. The zero-order chi connectivity index (χ0) is 19.1. The molecule has 2 unspecified atom stereocenters. The van der Waals surface area contributed by atoms with Crippen LogP contribution in [0.15, 0.2) is 48.5 Å². The number of likely N-dealkylation sites (N-methyl/N-ethyl adjacent to an activating group) is 1. The standard InChI is InChI=1S/C20H26N2O3S/c1-22(2)18(17-10-5-6-11-19(17)25-3)13-21-20(23)16-9-7-8-15(12-16)14-26(4)24/h5-12,18H,13-14H2,1-4H3,(H,21,23). The van der Waals surface area contributed by atoms with Crippen molar-refractivity contribution in [3.8, 4) is 5.75 Å². The topological polar surface area (TPSA) is 58.6 Å². The van der Waals surface area contributed by atoms with E-state index in [0.717, 1.165) is 16.9 Å². The van der Waals surface area contributed by atoms with Gasteiger partial charge in [-0.25, -0.2) is 0 Å². The van der Waals surface area contributed by atoms with Crippen LogP contribution in [0, 0.1) is 0 Å². The molecule has 1 N–H and O–H groups in total. The Hall–Kier alpha value is -2.18. The van der Waals surface area contributed by atoms with Crippen molar-refractivity contribution in [2.75, 3.05) is 34.0 Å². The van der Waals surface area contributed by atoms with E-state index in [0.29, 0.717) is 17.9 Å². The van der Waals surface area contributed by atoms with E-state index in [9.17, 15) is 9.00 Å². The molecule has 0 saturated carbocycles. The third-order valence-electron chi connectivity index (χ3n) is 4.14. The molecular weight excluding hydrogens is 348 g/mol. The average molecular weight is 375 g/mol. The van der Waals surface area contributed by atoms with Gasteiger partial charge in [-0.1, -0.05) is 30.3 Å². The van der Waals surface area contributed by atoms with E-state index >= 15 is 0 Å². The first kappa shape index (κ1) is 20.1. The number of benzene rings is 2. The number of rotatable bonds is 8. The molecule has 0 saturated heterocycles. The van der Waals surface area contributed by atoms with Crippen LogP contribution >= 0.6 is 0 Å². The molecular formula is C20H26N2O3S. The first-order valence-electron chi connectivity index (χ1n) is 8.39. The Morgan fingerprint density at radius 1 is 1.19 bits per heavy atom. The van der Waals surface area contributed by atoms with Gasteiger partial charge in [0.25, 0.3) is 5.91 Å². The molecule has 2 aromatic rings. The lowest BCUT2D eigenvalue weighted by atomic mass is 10.0. The fraction of sp³-hybridized carbons (Fsp3) is 0.350. The Morgan fingerprint density at radius 3 is 2.58 bits per heavy atom. The molecule has 0 aliphatic rings. The molecule has 2 aromatic carbocycles. The molecule has 0 radical (unpaired) electrons. The van der Waals surface area contributed by atoms with Gasteiger partial charge < -0.3 is 15.0 Å². The van der Waals surface area contributed by atoms with Gasteiger partial charge in [-0.2, -0.15) is 0 Å². The highest BCUT2D eigenvalue weighted by Crippen LogP contribution is 2.27. The number of nitrogens with zero attached hydrogens (tertiary/aromatic N) is 1. The van der Waals surface area contributed by atoms with E-state index in [2.05, 4.69) is 10.2 Å². The third kappa shape index (κ3) is 5.41. The molecule has 5 nitrogen and oxygen atoms in total. The van der Waals surface area contributed by atoms with Gasteiger partial charge in [0.05, 0.1) is 13.2 Å². The first-order chi connectivity index (χ1) is 12.4. The largest absolute Gasteiger partial charge is 0.496 e. The number of hydrogen-bond donors (Lipinski definition) is 1. The van der Waals surface area contributed by atoms with Crippen LogP contribution in [0.2, 0.25) is 0 Å². The van der Waals surface area contributed by atoms with E-state index in [4.69, 9.17) is 4.74 Å². The van der Waals surface area contributed by atoms with Crippen molar-refractivity contribution < 1.29 is 13.7 Å². The summed E-state index contributed by atoms with van der Waals surface area (Å²) in [7, 11) is 4.66. The van der Waals surface area contributed by atoms with Gasteiger partial charge in [-0.15, -0.1) is 0 Å². The lowest BCUT2D eigenvalue weighted by Crippen LogP contribution is -2.34. The zero-order valence-electron chi connectivity index (χ0n) is 15.7. The summed E-state index contributed by atoms with van der Waals surface area (Å²) in [6, 6.07) is 15.1. The second-order valence-electron chi connectivity index (χ2n) is 6.35. The van der Waals surface area contributed by atoms with Crippen molar-refractivity contribution in [2.24, 2.45) is 0 Å². The van der Waals surface area contributed by atoms with Crippen LogP contribution in [0.1, 0.15) is 27.5 Å². The van der Waals surface area contributed by atoms with E-state index < -0.39 is 10.8 Å². The van der Waals surface area contributed by atoms with Gasteiger partial charge in [-0.3, -0.25) is 9.00 Å². The molecule has 0 aliphatic carbocycles. The molecule has 2 rings (SSSR count). The van der Waals surface area contributed by atoms with Gasteiger partial charge in [0.1, 0.15) is 5.75 Å². The quantitative estimate of drug-likeness (QED) is 0.772. The number of nitrogens with one attached hydrogen (secondary N) is 1. The van der Waals surface area contributed by atoms with Crippen LogP contribution < -0.4 is 10.1 Å². The van der Waals surface area contributed by atoms with Crippen molar-refractivity contribution in [3.63, 3.8) is 0 Å². The van der Waals surface area contributed by atoms with Crippen molar-refractivity contribution in [3.05, 3.63) is 65.2 Å². The number of hydrogen-bond acceptors (Lipinski definition) is 4. The highest BCUT2D eigenvalue weighted by molar-refractivity contribution is 7.83. The molecule has 0 aromatic heterocycles. The minimum absolute atomic E-state index is 0.0126. The molecule has 0 heterocycles. The Balaban J connectivity index is 2.12. The fourth-order valence-corrected chi connectivity index (χ4v) is 3.49. The summed E-state index contributed by atoms with van der Waals surface area (Å²) >= 11 is 0. The van der Waals surface area contributed by atoms with Gasteiger partial charge in [0, 0.05) is 40.5 Å². The van der Waals surface area contributed by atoms with Crippen LogP contribution in [0.5, 0.6) is 5.75 Å². The Labute approximate surface area is 157 Å². The average Bonchev–Trinajstić information content (AvgIpc) is 2.61. The smallest absolute Gasteiger partial charge is 0.251 e. The highest BCUT2D eigenvalue weighted by Gasteiger charge is 2.19. The Morgan fingerprint density at radius 2 is 1.92 bits per heavy atom. The first-order valence-corrected chi connectivity index (χ1v) is 10.1. The fourth-order valence-electron chi connectivity index (χ4n) is 2.84. The van der Waals surface area contributed by atoms with E-state index in [-0.39, 0.29) is 11.9 Å². The molecule has 1 amide bonds. The number of ether oxygens (including phenoxy) is 1. The lowest BCUT2D eigenvalue weighted by Gasteiger charge is -2.26. The third-order valence-corrected chi connectivity index (χ3v) is 4.88. The molecule has 2 atom stereocenters. The number of carbonyl (C=O) groups is 1.